The second-order valence-corrected chi connectivity index (χ2v) is 35.2. The molecular formula is C94H179N2O18P. The lowest BCUT2D eigenvalue weighted by Gasteiger charge is -2.45. The summed E-state index contributed by atoms with van der Waals surface area (Å²) >= 11 is 0. The van der Waals surface area contributed by atoms with E-state index in [0.29, 0.717) is 51.4 Å². The van der Waals surface area contributed by atoms with Crippen LogP contribution in [0.5, 0.6) is 0 Å². The molecule has 1 heterocycles. The lowest BCUT2D eigenvalue weighted by Crippen LogP contribution is -2.66. The topological polar surface area (TPSA) is 280 Å². The predicted octanol–water partition coefficient (Wildman–Crippen LogP) is 24.2. The molecule has 0 aliphatic carbocycles. The fourth-order valence-electron chi connectivity index (χ4n) is 15.9. The first-order valence-corrected chi connectivity index (χ1v) is 50.1. The zero-order valence-electron chi connectivity index (χ0n) is 74.8. The number of amides is 2. The van der Waals surface area contributed by atoms with Crippen LogP contribution in [0.1, 0.15) is 485 Å². The number of ether oxygens (including phenoxy) is 6. The van der Waals surface area contributed by atoms with Crippen LogP contribution in [0.15, 0.2) is 0 Å². The quantitative estimate of drug-likeness (QED) is 0.0164. The minimum Gasteiger partial charge on any atom is -0.462 e. The average Bonchev–Trinajstić information content (AvgIpc) is 0.780. The summed E-state index contributed by atoms with van der Waals surface area (Å²) in [6.07, 6.45) is 56.8. The molecule has 678 valence electrons. The number of nitrogens with one attached hydrogen (secondary N) is 1. The number of hydrogen-bond donors (Lipinski definition) is 5. The van der Waals surface area contributed by atoms with Gasteiger partial charge < -0.3 is 58.6 Å². The van der Waals surface area contributed by atoms with Crippen LogP contribution in [0, 0.1) is 0 Å². The Kier molecular flexibility index (Phi) is 75.7. The maximum atomic E-state index is 15.0. The van der Waals surface area contributed by atoms with E-state index < -0.39 is 106 Å². The van der Waals surface area contributed by atoms with E-state index in [-0.39, 0.29) is 57.8 Å². The first-order valence-electron chi connectivity index (χ1n) is 48.6. The Morgan fingerprint density at radius 1 is 0.365 bits per heavy atom. The van der Waals surface area contributed by atoms with Gasteiger partial charge in [0, 0.05) is 32.4 Å². The van der Waals surface area contributed by atoms with Gasteiger partial charge in [0.05, 0.1) is 39.1 Å². The number of esters is 4. The summed E-state index contributed by atoms with van der Waals surface area (Å²) in [6, 6.07) is -1.63. The van der Waals surface area contributed by atoms with Gasteiger partial charge in [-0.3, -0.25) is 33.3 Å². The number of hydrogen-bond acceptors (Lipinski definition) is 16. The number of phosphoric acid groups is 1. The zero-order valence-corrected chi connectivity index (χ0v) is 75.7. The highest BCUT2D eigenvalue weighted by Crippen LogP contribution is 2.43. The SMILES string of the molecule is CCCCCCCCCCCCCC(=O)O[C@H](CCCCCCCCCCC)CC(=O)N[C@H]1[C@H](OCCN(CCO)C(=O)C[C@@H](CCCCCCCCCCC)OC(=O)CCCCCCCCCCCCC)O[C@H](CO)[C@@H](OP(=O)(O)O)[C@@H]1OC(=O)C[C@@H](CCCCCCCCCCC)OC(=O)CCCCCCCCCCCCC. The Bertz CT molecular complexity index is 2310. The highest BCUT2D eigenvalue weighted by Gasteiger charge is 2.52. The number of nitrogens with zero attached hydrogens (tertiary/aromatic N) is 1. The van der Waals surface area contributed by atoms with Crippen molar-refractivity contribution in [3.63, 3.8) is 0 Å². The second-order valence-electron chi connectivity index (χ2n) is 34.0. The number of rotatable bonds is 86. The summed E-state index contributed by atoms with van der Waals surface area (Å²) < 4.78 is 56.1. The zero-order chi connectivity index (χ0) is 84.1. The minimum atomic E-state index is -5.51. The van der Waals surface area contributed by atoms with Gasteiger partial charge in [0.25, 0.3) is 0 Å². The van der Waals surface area contributed by atoms with Gasteiger partial charge in [-0.2, -0.15) is 0 Å². The molecule has 0 aromatic carbocycles. The van der Waals surface area contributed by atoms with Crippen LogP contribution in [0.4, 0.5) is 0 Å². The van der Waals surface area contributed by atoms with E-state index in [0.717, 1.165) is 173 Å². The molecule has 1 rings (SSSR count). The normalized spacial score (nSPS) is 16.5. The molecule has 1 aliphatic rings. The molecule has 0 radical (unpaired) electrons. The standard InChI is InChI=1S/C94H179N2O18P/c1-7-13-19-25-31-37-40-46-52-58-64-70-87(101)109-81(67-61-55-49-43-34-28-22-16-10-4)77-85(99)95-91-93(113-90(104)79-83(69-63-57-51-45-36-30-24-18-12-6)111-89(103)72-66-60-54-48-42-39-33-27-21-15-9-3)92(114-115(105,106)107)84(80-98)112-94(91)108-76-74-96(73-75-97)86(100)78-82(68-62-56-50-44-35-29-23-17-11-5)110-88(102)71-65-59-53-47-41-38-32-26-20-14-8-2/h81-84,91-94,97-98H,7-80H2,1-6H3,(H,95,99)(H2,105,106,107)/t81-,82-,83-,84-,91-,92-,93-,94-/m1/s1. The molecule has 0 aromatic rings. The number of phosphoric ester groups is 1. The Balaban J connectivity index is 3.82. The van der Waals surface area contributed by atoms with E-state index >= 15 is 4.79 Å². The molecule has 21 heteroatoms. The monoisotopic (exact) mass is 1660 g/mol. The van der Waals surface area contributed by atoms with Crippen LogP contribution in [-0.2, 0) is 66.3 Å². The lowest BCUT2D eigenvalue weighted by molar-refractivity contribution is -0.271. The number of carbonyl (C=O) groups excluding carboxylic acids is 6. The molecule has 1 aliphatic heterocycles. The Morgan fingerprint density at radius 2 is 0.652 bits per heavy atom. The van der Waals surface area contributed by atoms with Gasteiger partial charge in [-0.1, -0.05) is 388 Å². The summed E-state index contributed by atoms with van der Waals surface area (Å²) in [5.41, 5.74) is 0. The van der Waals surface area contributed by atoms with Crippen molar-refractivity contribution < 1.29 is 86.3 Å². The Labute approximate surface area is 702 Å². The van der Waals surface area contributed by atoms with E-state index in [2.05, 4.69) is 46.9 Å². The maximum Gasteiger partial charge on any atom is 0.470 e. The van der Waals surface area contributed by atoms with Crippen molar-refractivity contribution >= 4 is 43.5 Å². The maximum absolute atomic E-state index is 15.0. The Hall–Kier alpha value is -3.23. The summed E-state index contributed by atoms with van der Waals surface area (Å²) in [5, 5.41) is 24.5. The first kappa shape index (κ1) is 110. The fourth-order valence-corrected chi connectivity index (χ4v) is 16.5. The third-order valence-corrected chi connectivity index (χ3v) is 23.5. The third kappa shape index (κ3) is 66.1. The van der Waals surface area contributed by atoms with E-state index in [1.165, 1.54) is 185 Å². The fraction of sp³-hybridized carbons (Fsp3) is 0.936. The van der Waals surface area contributed by atoms with Gasteiger partial charge >= 0.3 is 31.7 Å². The van der Waals surface area contributed by atoms with Gasteiger partial charge in [-0.25, -0.2) is 4.57 Å². The second kappa shape index (κ2) is 79.3. The van der Waals surface area contributed by atoms with Crippen LogP contribution in [0.25, 0.3) is 0 Å². The van der Waals surface area contributed by atoms with Gasteiger partial charge in [0.1, 0.15) is 36.6 Å². The summed E-state index contributed by atoms with van der Waals surface area (Å²) in [6.45, 7) is 11.3. The number of aliphatic hydroxyl groups excluding tert-OH is 2. The first-order chi connectivity index (χ1) is 56.0. The number of carbonyl (C=O) groups is 6. The van der Waals surface area contributed by atoms with Crippen LogP contribution < -0.4 is 5.32 Å². The number of unbranched alkanes of at least 4 members (excludes halogenated alkanes) is 54. The smallest absolute Gasteiger partial charge is 0.462 e. The molecule has 20 nitrogen and oxygen atoms in total. The van der Waals surface area contributed by atoms with Crippen molar-refractivity contribution in [2.45, 2.75) is 534 Å². The van der Waals surface area contributed by atoms with Crippen LogP contribution >= 0.6 is 7.82 Å². The van der Waals surface area contributed by atoms with Gasteiger partial charge in [0.15, 0.2) is 12.4 Å². The summed E-state index contributed by atoms with van der Waals surface area (Å²) in [5.74, 6) is -3.27. The molecule has 2 amide bonds. The highest BCUT2D eigenvalue weighted by molar-refractivity contribution is 7.46. The van der Waals surface area contributed by atoms with Crippen molar-refractivity contribution in [1.82, 2.24) is 10.2 Å². The van der Waals surface area contributed by atoms with E-state index in [4.69, 9.17) is 32.9 Å². The lowest BCUT2D eigenvalue weighted by atomic mass is 9.96. The van der Waals surface area contributed by atoms with Gasteiger partial charge in [-0.05, 0) is 57.8 Å². The van der Waals surface area contributed by atoms with Crippen molar-refractivity contribution in [3.8, 4) is 0 Å². The molecule has 1 fully saturated rings. The predicted molar refractivity (Wildman–Crippen MR) is 466 cm³/mol. The minimum absolute atomic E-state index is 0.120. The van der Waals surface area contributed by atoms with Crippen LogP contribution in [0.3, 0.4) is 0 Å². The highest BCUT2D eigenvalue weighted by atomic mass is 31.2. The number of aliphatic hydroxyl groups is 2. The average molecular weight is 1660 g/mol. The molecular weight excluding hydrogens is 1480 g/mol. The Morgan fingerprint density at radius 3 is 0.948 bits per heavy atom. The van der Waals surface area contributed by atoms with Crippen molar-refractivity contribution in [2.24, 2.45) is 0 Å². The van der Waals surface area contributed by atoms with Gasteiger partial charge in [-0.15, -0.1) is 0 Å². The van der Waals surface area contributed by atoms with Crippen LogP contribution in [0.2, 0.25) is 0 Å². The molecule has 8 atom stereocenters. The molecule has 0 spiro atoms. The third-order valence-electron chi connectivity index (χ3n) is 23.0. The molecule has 0 aromatic heterocycles. The van der Waals surface area contributed by atoms with E-state index in [1.807, 2.05) is 0 Å². The van der Waals surface area contributed by atoms with Crippen LogP contribution in [-0.4, -0.2) is 142 Å². The van der Waals surface area contributed by atoms with E-state index in [1.54, 1.807) is 0 Å². The molecule has 0 saturated carbocycles. The summed E-state index contributed by atoms with van der Waals surface area (Å²) in [4.78, 5) is 108. The van der Waals surface area contributed by atoms with Gasteiger partial charge in [0.2, 0.25) is 11.8 Å². The molecule has 0 bridgehead atoms. The largest absolute Gasteiger partial charge is 0.470 e. The molecule has 5 N–H and O–H groups in total. The summed E-state index contributed by atoms with van der Waals surface area (Å²) in [7, 11) is -5.51. The van der Waals surface area contributed by atoms with Crippen molar-refractivity contribution in [2.75, 3.05) is 32.9 Å². The molecule has 115 heavy (non-hydrogen) atoms. The van der Waals surface area contributed by atoms with E-state index in [9.17, 15) is 48.5 Å². The molecule has 1 saturated heterocycles. The van der Waals surface area contributed by atoms with Crippen molar-refractivity contribution in [1.29, 1.82) is 0 Å². The van der Waals surface area contributed by atoms with Crippen molar-refractivity contribution in [3.05, 3.63) is 0 Å². The molecule has 0 unspecified atom stereocenters.